The topological polar surface area (TPSA) is 58.3 Å². The van der Waals surface area contributed by atoms with Crippen molar-refractivity contribution in [3.63, 3.8) is 0 Å². The third kappa shape index (κ3) is 6.91. The highest BCUT2D eigenvalue weighted by atomic mass is 32.2. The first-order chi connectivity index (χ1) is 5.85. The predicted octanol–water partition coefficient (Wildman–Crippen LogP) is 0.0388. The van der Waals surface area contributed by atoms with Gasteiger partial charge in [0.15, 0.2) is 0 Å². The summed E-state index contributed by atoms with van der Waals surface area (Å²) in [7, 11) is 0. The van der Waals surface area contributed by atoms with Gasteiger partial charge in [-0.05, 0) is 17.9 Å². The number of nitrogens with one attached hydrogen (secondary N) is 1. The number of hydrogen-bond acceptors (Lipinski definition) is 4. The summed E-state index contributed by atoms with van der Waals surface area (Å²) in [6.07, 6.45) is 1.09. The lowest BCUT2D eigenvalue weighted by Crippen LogP contribution is -2.38. The average molecular weight is 192 g/mol. The molecule has 0 aromatic rings. The molecule has 0 bridgehead atoms. The fourth-order valence-corrected chi connectivity index (χ4v) is 1.68. The summed E-state index contributed by atoms with van der Waals surface area (Å²) in [6.45, 7) is 3.66. The average Bonchev–Trinajstić information content (AvgIpc) is 2.11. The minimum atomic E-state index is 0.192. The van der Waals surface area contributed by atoms with E-state index in [1.807, 2.05) is 11.8 Å². The molecule has 0 aliphatic carbocycles. The van der Waals surface area contributed by atoms with Gasteiger partial charge in [-0.2, -0.15) is 11.8 Å². The van der Waals surface area contributed by atoms with Crippen molar-refractivity contribution in [2.45, 2.75) is 19.4 Å². The van der Waals surface area contributed by atoms with Crippen LogP contribution >= 0.6 is 11.8 Å². The van der Waals surface area contributed by atoms with Gasteiger partial charge in [0, 0.05) is 19.1 Å². The molecule has 0 heterocycles. The molecule has 0 radical (unpaired) electrons. The number of thioether (sulfide) groups is 1. The van der Waals surface area contributed by atoms with Gasteiger partial charge in [0.2, 0.25) is 0 Å². The van der Waals surface area contributed by atoms with Crippen molar-refractivity contribution >= 4 is 11.8 Å². The van der Waals surface area contributed by atoms with Gasteiger partial charge >= 0.3 is 0 Å². The second kappa shape index (κ2) is 9.32. The number of aliphatic hydroxyl groups is 1. The Morgan fingerprint density at radius 2 is 2.33 bits per heavy atom. The molecule has 1 unspecified atom stereocenters. The highest BCUT2D eigenvalue weighted by molar-refractivity contribution is 7.99. The quantitative estimate of drug-likeness (QED) is 0.475. The van der Waals surface area contributed by atoms with E-state index in [-0.39, 0.29) is 6.61 Å². The van der Waals surface area contributed by atoms with E-state index in [4.69, 9.17) is 10.8 Å². The Morgan fingerprint density at radius 1 is 1.58 bits per heavy atom. The van der Waals surface area contributed by atoms with Crippen molar-refractivity contribution in [2.24, 2.45) is 5.73 Å². The third-order valence-corrected chi connectivity index (χ3v) is 2.58. The molecule has 0 saturated carbocycles. The summed E-state index contributed by atoms with van der Waals surface area (Å²) in [4.78, 5) is 0. The second-order valence-electron chi connectivity index (χ2n) is 2.60. The molecule has 0 fully saturated rings. The zero-order valence-electron chi connectivity index (χ0n) is 7.75. The third-order valence-electron chi connectivity index (χ3n) is 1.64. The molecule has 0 aliphatic heterocycles. The van der Waals surface area contributed by atoms with Crippen LogP contribution in [0.3, 0.4) is 0 Å². The first-order valence-corrected chi connectivity index (χ1v) is 5.62. The van der Waals surface area contributed by atoms with Gasteiger partial charge in [-0.3, -0.25) is 0 Å². The van der Waals surface area contributed by atoms with E-state index in [1.54, 1.807) is 0 Å². The number of hydrogen-bond donors (Lipinski definition) is 3. The van der Waals surface area contributed by atoms with Crippen LogP contribution in [0.2, 0.25) is 0 Å². The van der Waals surface area contributed by atoms with Crippen LogP contribution in [-0.2, 0) is 0 Å². The molecular weight excluding hydrogens is 172 g/mol. The first-order valence-electron chi connectivity index (χ1n) is 4.47. The van der Waals surface area contributed by atoms with Gasteiger partial charge in [-0.1, -0.05) is 6.92 Å². The lowest BCUT2D eigenvalue weighted by molar-refractivity contribution is 0.284. The summed E-state index contributed by atoms with van der Waals surface area (Å²) in [5, 5.41) is 11.8. The van der Waals surface area contributed by atoms with Gasteiger partial charge in [-0.15, -0.1) is 0 Å². The number of nitrogens with two attached hydrogens (primary N) is 1. The van der Waals surface area contributed by atoms with Crippen LogP contribution < -0.4 is 11.1 Å². The van der Waals surface area contributed by atoms with Gasteiger partial charge < -0.3 is 16.2 Å². The second-order valence-corrected chi connectivity index (χ2v) is 3.99. The van der Waals surface area contributed by atoms with Crippen molar-refractivity contribution in [3.05, 3.63) is 0 Å². The molecule has 12 heavy (non-hydrogen) atoms. The van der Waals surface area contributed by atoms with E-state index in [9.17, 15) is 0 Å². The maximum absolute atomic E-state index is 8.57. The highest BCUT2D eigenvalue weighted by Gasteiger charge is 2.03. The molecule has 4 N–H and O–H groups in total. The molecule has 0 spiro atoms. The van der Waals surface area contributed by atoms with Crippen LogP contribution in [0, 0.1) is 0 Å². The SMILES string of the molecule is CCSCCC(CN)NCCO. The van der Waals surface area contributed by atoms with Gasteiger partial charge in [-0.25, -0.2) is 0 Å². The zero-order valence-corrected chi connectivity index (χ0v) is 8.57. The Kier molecular flexibility index (Phi) is 9.50. The molecule has 0 aromatic carbocycles. The molecule has 1 atom stereocenters. The van der Waals surface area contributed by atoms with Gasteiger partial charge in [0.1, 0.15) is 0 Å². The molecule has 0 rings (SSSR count). The molecule has 74 valence electrons. The Hall–Kier alpha value is 0.230. The Bertz CT molecular complexity index is 93.1. The summed E-state index contributed by atoms with van der Waals surface area (Å²) in [5.74, 6) is 2.31. The van der Waals surface area contributed by atoms with E-state index in [2.05, 4.69) is 12.2 Å². The van der Waals surface area contributed by atoms with Crippen LogP contribution in [-0.4, -0.2) is 42.4 Å². The Labute approximate surface area is 79.1 Å². The zero-order chi connectivity index (χ0) is 9.23. The van der Waals surface area contributed by atoms with Crippen LogP contribution in [0.25, 0.3) is 0 Å². The maximum Gasteiger partial charge on any atom is 0.0556 e. The van der Waals surface area contributed by atoms with Crippen molar-refractivity contribution in [2.75, 3.05) is 31.2 Å². The van der Waals surface area contributed by atoms with Crippen molar-refractivity contribution < 1.29 is 5.11 Å². The summed E-state index contributed by atoms with van der Waals surface area (Å²) >= 11 is 1.93. The standard InChI is InChI=1S/C8H20N2OS/c1-2-12-6-3-8(7-9)10-4-5-11/h8,10-11H,2-7,9H2,1H3. The van der Waals surface area contributed by atoms with Crippen molar-refractivity contribution in [1.29, 1.82) is 0 Å². The Balaban J connectivity index is 3.26. The Morgan fingerprint density at radius 3 is 2.83 bits per heavy atom. The minimum absolute atomic E-state index is 0.192. The van der Waals surface area contributed by atoms with E-state index >= 15 is 0 Å². The van der Waals surface area contributed by atoms with Crippen LogP contribution in [0.4, 0.5) is 0 Å². The smallest absolute Gasteiger partial charge is 0.0556 e. The van der Waals surface area contributed by atoms with Crippen molar-refractivity contribution in [1.82, 2.24) is 5.32 Å². The maximum atomic E-state index is 8.57. The van der Waals surface area contributed by atoms with E-state index in [0.717, 1.165) is 17.9 Å². The largest absolute Gasteiger partial charge is 0.395 e. The van der Waals surface area contributed by atoms with E-state index in [0.29, 0.717) is 19.1 Å². The number of rotatable bonds is 8. The van der Waals surface area contributed by atoms with Crippen LogP contribution in [0.1, 0.15) is 13.3 Å². The monoisotopic (exact) mass is 192 g/mol. The van der Waals surface area contributed by atoms with Crippen LogP contribution in [0.15, 0.2) is 0 Å². The molecule has 4 heteroatoms. The minimum Gasteiger partial charge on any atom is -0.395 e. The molecular formula is C8H20N2OS. The summed E-state index contributed by atoms with van der Waals surface area (Å²) in [6, 6.07) is 0.371. The normalized spacial score (nSPS) is 13.2. The van der Waals surface area contributed by atoms with E-state index in [1.165, 1.54) is 0 Å². The summed E-state index contributed by atoms with van der Waals surface area (Å²) in [5.41, 5.74) is 5.54. The fraction of sp³-hybridized carbons (Fsp3) is 1.00. The van der Waals surface area contributed by atoms with Crippen molar-refractivity contribution in [3.8, 4) is 0 Å². The number of aliphatic hydroxyl groups excluding tert-OH is 1. The lowest BCUT2D eigenvalue weighted by atomic mass is 10.2. The lowest BCUT2D eigenvalue weighted by Gasteiger charge is -2.15. The molecule has 0 saturated heterocycles. The molecule has 0 aliphatic rings. The van der Waals surface area contributed by atoms with Crippen LogP contribution in [0.5, 0.6) is 0 Å². The molecule has 3 nitrogen and oxygen atoms in total. The molecule has 0 amide bonds. The first kappa shape index (κ1) is 12.2. The highest BCUT2D eigenvalue weighted by Crippen LogP contribution is 2.03. The van der Waals surface area contributed by atoms with E-state index < -0.39 is 0 Å². The van der Waals surface area contributed by atoms with Gasteiger partial charge in [0.05, 0.1) is 6.61 Å². The summed E-state index contributed by atoms with van der Waals surface area (Å²) < 4.78 is 0. The fourth-order valence-electron chi connectivity index (χ4n) is 0.942. The molecule has 0 aromatic heterocycles. The van der Waals surface area contributed by atoms with Gasteiger partial charge in [0.25, 0.3) is 0 Å². The predicted molar refractivity (Wildman–Crippen MR) is 55.5 cm³/mol.